The fraction of sp³-hybridized carbons (Fsp3) is 0.429. The fourth-order valence-corrected chi connectivity index (χ4v) is 3.94. The highest BCUT2D eigenvalue weighted by Crippen LogP contribution is 2.29. The van der Waals surface area contributed by atoms with Gasteiger partial charge in [0.2, 0.25) is 11.8 Å². The SMILES string of the molecule is COc1ncccc1NC1CCN(c2cccc(N3CCCC3=O)c2)CC1. The van der Waals surface area contributed by atoms with E-state index in [9.17, 15) is 4.79 Å². The fourth-order valence-electron chi connectivity index (χ4n) is 3.94. The van der Waals surface area contributed by atoms with E-state index in [0.29, 0.717) is 18.3 Å². The van der Waals surface area contributed by atoms with E-state index in [1.807, 2.05) is 23.1 Å². The summed E-state index contributed by atoms with van der Waals surface area (Å²) in [5, 5.41) is 3.57. The molecule has 0 atom stereocenters. The van der Waals surface area contributed by atoms with Gasteiger partial charge in [0.1, 0.15) is 0 Å². The Balaban J connectivity index is 1.39. The normalized spacial score (nSPS) is 18.0. The van der Waals surface area contributed by atoms with Crippen molar-refractivity contribution in [2.45, 2.75) is 31.7 Å². The number of rotatable bonds is 5. The lowest BCUT2D eigenvalue weighted by Gasteiger charge is -2.35. The molecule has 4 rings (SSSR count). The molecule has 27 heavy (non-hydrogen) atoms. The van der Waals surface area contributed by atoms with E-state index >= 15 is 0 Å². The van der Waals surface area contributed by atoms with Crippen molar-refractivity contribution in [3.05, 3.63) is 42.6 Å². The molecule has 142 valence electrons. The van der Waals surface area contributed by atoms with E-state index in [2.05, 4.69) is 33.4 Å². The number of nitrogens with one attached hydrogen (secondary N) is 1. The van der Waals surface area contributed by atoms with E-state index in [0.717, 1.165) is 50.3 Å². The molecule has 1 amide bonds. The first-order chi connectivity index (χ1) is 13.2. The second-order valence-corrected chi connectivity index (χ2v) is 7.13. The number of carbonyl (C=O) groups excluding carboxylic acids is 1. The first-order valence-electron chi connectivity index (χ1n) is 9.65. The van der Waals surface area contributed by atoms with Gasteiger partial charge in [-0.3, -0.25) is 4.79 Å². The summed E-state index contributed by atoms with van der Waals surface area (Å²) in [4.78, 5) is 20.6. The van der Waals surface area contributed by atoms with Crippen LogP contribution in [-0.4, -0.2) is 43.7 Å². The molecule has 3 heterocycles. The Hall–Kier alpha value is -2.76. The number of ether oxygens (including phenoxy) is 1. The Morgan fingerprint density at radius 2 is 1.93 bits per heavy atom. The summed E-state index contributed by atoms with van der Waals surface area (Å²) in [6, 6.07) is 12.7. The van der Waals surface area contributed by atoms with Crippen LogP contribution >= 0.6 is 0 Å². The number of benzene rings is 1. The minimum atomic E-state index is 0.237. The van der Waals surface area contributed by atoms with Crippen LogP contribution in [0, 0.1) is 0 Å². The molecule has 0 unspecified atom stereocenters. The molecular formula is C21H26N4O2. The third kappa shape index (κ3) is 3.84. The lowest BCUT2D eigenvalue weighted by atomic mass is 10.0. The second-order valence-electron chi connectivity index (χ2n) is 7.13. The van der Waals surface area contributed by atoms with Crippen molar-refractivity contribution >= 4 is 23.0 Å². The van der Waals surface area contributed by atoms with Crippen LogP contribution in [0.15, 0.2) is 42.6 Å². The van der Waals surface area contributed by atoms with Crippen LogP contribution in [0.4, 0.5) is 17.1 Å². The Morgan fingerprint density at radius 1 is 1.11 bits per heavy atom. The zero-order chi connectivity index (χ0) is 18.6. The standard InChI is InChI=1S/C21H26N4O2/c1-27-21-19(7-3-11-22-21)23-16-9-13-24(14-10-16)17-5-2-6-18(15-17)25-12-4-8-20(25)26/h2-3,5-7,11,15-16,23H,4,8-10,12-14H2,1H3. The topological polar surface area (TPSA) is 57.7 Å². The van der Waals surface area contributed by atoms with Gasteiger partial charge in [0.25, 0.3) is 0 Å². The molecule has 2 aliphatic rings. The average molecular weight is 366 g/mol. The van der Waals surface area contributed by atoms with Crippen molar-refractivity contribution < 1.29 is 9.53 Å². The molecule has 0 bridgehead atoms. The van der Waals surface area contributed by atoms with Crippen molar-refractivity contribution in [3.8, 4) is 5.88 Å². The molecule has 0 aliphatic carbocycles. The van der Waals surface area contributed by atoms with Crippen molar-refractivity contribution in [1.82, 2.24) is 4.98 Å². The van der Waals surface area contributed by atoms with Gasteiger partial charge in [0.15, 0.2) is 0 Å². The number of pyridine rings is 1. The Morgan fingerprint density at radius 3 is 2.67 bits per heavy atom. The summed E-state index contributed by atoms with van der Waals surface area (Å²) in [5.41, 5.74) is 3.17. The summed E-state index contributed by atoms with van der Waals surface area (Å²) < 4.78 is 5.33. The van der Waals surface area contributed by atoms with E-state index in [1.54, 1.807) is 13.3 Å². The van der Waals surface area contributed by atoms with Gasteiger partial charge in [-0.2, -0.15) is 0 Å². The van der Waals surface area contributed by atoms with Gasteiger partial charge >= 0.3 is 0 Å². The van der Waals surface area contributed by atoms with Gasteiger partial charge in [0, 0.05) is 49.7 Å². The number of nitrogens with zero attached hydrogens (tertiary/aromatic N) is 3. The number of anilines is 3. The monoisotopic (exact) mass is 366 g/mol. The molecule has 2 saturated heterocycles. The molecule has 6 heteroatoms. The van der Waals surface area contributed by atoms with Crippen LogP contribution in [-0.2, 0) is 4.79 Å². The number of carbonyl (C=O) groups is 1. The lowest BCUT2D eigenvalue weighted by Crippen LogP contribution is -2.39. The lowest BCUT2D eigenvalue weighted by molar-refractivity contribution is -0.117. The maximum absolute atomic E-state index is 12.0. The largest absolute Gasteiger partial charge is 0.480 e. The molecule has 0 saturated carbocycles. The predicted molar refractivity (Wildman–Crippen MR) is 108 cm³/mol. The third-order valence-electron chi connectivity index (χ3n) is 5.40. The highest BCUT2D eigenvalue weighted by molar-refractivity contribution is 5.95. The third-order valence-corrected chi connectivity index (χ3v) is 5.40. The number of amides is 1. The van der Waals surface area contributed by atoms with Crippen molar-refractivity contribution in [2.24, 2.45) is 0 Å². The molecule has 6 nitrogen and oxygen atoms in total. The zero-order valence-electron chi connectivity index (χ0n) is 15.7. The van der Waals surface area contributed by atoms with Crippen LogP contribution in [0.5, 0.6) is 5.88 Å². The van der Waals surface area contributed by atoms with E-state index in [4.69, 9.17) is 4.74 Å². The molecule has 2 aromatic rings. The van der Waals surface area contributed by atoms with Gasteiger partial charge < -0.3 is 19.9 Å². The zero-order valence-corrected chi connectivity index (χ0v) is 15.7. The minimum absolute atomic E-state index is 0.237. The van der Waals surface area contributed by atoms with E-state index in [-0.39, 0.29) is 5.91 Å². The Bertz CT molecular complexity index is 802. The van der Waals surface area contributed by atoms with Crippen LogP contribution in [0.1, 0.15) is 25.7 Å². The number of methoxy groups -OCH3 is 1. The first kappa shape index (κ1) is 17.6. The van der Waals surface area contributed by atoms with Crippen LogP contribution < -0.4 is 19.9 Å². The number of hydrogen-bond acceptors (Lipinski definition) is 5. The van der Waals surface area contributed by atoms with E-state index in [1.165, 1.54) is 5.69 Å². The van der Waals surface area contributed by atoms with Gasteiger partial charge in [-0.15, -0.1) is 0 Å². The van der Waals surface area contributed by atoms with Crippen LogP contribution in [0.2, 0.25) is 0 Å². The molecule has 0 radical (unpaired) electrons. The van der Waals surface area contributed by atoms with Crippen LogP contribution in [0.3, 0.4) is 0 Å². The van der Waals surface area contributed by atoms with Gasteiger partial charge in [-0.1, -0.05) is 6.07 Å². The smallest absolute Gasteiger partial charge is 0.237 e. The number of aromatic nitrogens is 1. The van der Waals surface area contributed by atoms with E-state index < -0.39 is 0 Å². The number of hydrogen-bond donors (Lipinski definition) is 1. The minimum Gasteiger partial charge on any atom is -0.480 e. The summed E-state index contributed by atoms with van der Waals surface area (Å²) >= 11 is 0. The van der Waals surface area contributed by atoms with Gasteiger partial charge in [-0.05, 0) is 49.6 Å². The summed E-state index contributed by atoms with van der Waals surface area (Å²) in [6.07, 6.45) is 5.46. The Kier molecular flexibility index (Phi) is 5.14. The summed E-state index contributed by atoms with van der Waals surface area (Å²) in [5.74, 6) is 0.878. The summed E-state index contributed by atoms with van der Waals surface area (Å²) in [6.45, 7) is 2.80. The van der Waals surface area contributed by atoms with Crippen LogP contribution in [0.25, 0.3) is 0 Å². The Labute approximate surface area is 160 Å². The predicted octanol–water partition coefficient (Wildman–Crippen LogP) is 3.30. The molecule has 2 aliphatic heterocycles. The molecule has 1 N–H and O–H groups in total. The van der Waals surface area contributed by atoms with Gasteiger partial charge in [0.05, 0.1) is 12.8 Å². The van der Waals surface area contributed by atoms with Crippen molar-refractivity contribution in [2.75, 3.05) is 41.9 Å². The summed E-state index contributed by atoms with van der Waals surface area (Å²) in [7, 11) is 1.65. The second kappa shape index (κ2) is 7.86. The maximum Gasteiger partial charge on any atom is 0.237 e. The van der Waals surface area contributed by atoms with Crippen molar-refractivity contribution in [3.63, 3.8) is 0 Å². The number of piperidine rings is 1. The molecule has 1 aromatic heterocycles. The first-order valence-corrected chi connectivity index (χ1v) is 9.65. The highest BCUT2D eigenvalue weighted by atomic mass is 16.5. The average Bonchev–Trinajstić information content (AvgIpc) is 3.15. The molecule has 2 fully saturated rings. The molecule has 1 aromatic carbocycles. The highest BCUT2D eigenvalue weighted by Gasteiger charge is 2.24. The quantitative estimate of drug-likeness (QED) is 0.880. The molecular weight excluding hydrogens is 340 g/mol. The van der Waals surface area contributed by atoms with Crippen molar-refractivity contribution in [1.29, 1.82) is 0 Å². The van der Waals surface area contributed by atoms with Gasteiger partial charge in [-0.25, -0.2) is 4.98 Å². The molecule has 0 spiro atoms. The maximum atomic E-state index is 12.0.